The van der Waals surface area contributed by atoms with Gasteiger partial charge < -0.3 is 30.0 Å². The largest absolute Gasteiger partial charge is 0.491 e. The number of rotatable bonds is 16. The molecular weight excluding hydrogens is 546 g/mol. The molecule has 2 aliphatic rings. The number of ether oxygens (including phenoxy) is 3. The Kier molecular flexibility index (Phi) is 11.2. The Morgan fingerprint density at radius 2 is 1.83 bits per heavy atom. The molecule has 41 heavy (non-hydrogen) atoms. The summed E-state index contributed by atoms with van der Waals surface area (Å²) in [6.07, 6.45) is 6.89. The molecule has 0 saturated heterocycles. The van der Waals surface area contributed by atoms with Crippen LogP contribution in [0.4, 0.5) is 5.69 Å². The molecule has 0 spiro atoms. The number of nitrogens with one attached hydrogen (secondary N) is 3. The number of fused-ring (bicyclic) bond motifs is 1. The highest BCUT2D eigenvalue weighted by Crippen LogP contribution is 2.35. The third-order valence-corrected chi connectivity index (χ3v) is 7.56. The van der Waals surface area contributed by atoms with Gasteiger partial charge in [-0.3, -0.25) is 4.99 Å². The molecule has 4 rings (SSSR count). The van der Waals surface area contributed by atoms with Gasteiger partial charge in [0.15, 0.2) is 23.2 Å². The first-order valence-corrected chi connectivity index (χ1v) is 15.7. The molecular formula is C29H41N5O6S. The van der Waals surface area contributed by atoms with Crippen molar-refractivity contribution in [1.82, 2.24) is 10.0 Å². The van der Waals surface area contributed by atoms with E-state index in [4.69, 9.17) is 14.2 Å². The molecule has 0 radical (unpaired) electrons. The van der Waals surface area contributed by atoms with E-state index in [0.717, 1.165) is 30.5 Å². The van der Waals surface area contributed by atoms with E-state index in [-0.39, 0.29) is 31.1 Å². The summed E-state index contributed by atoms with van der Waals surface area (Å²) in [6, 6.07) is 13.2. The van der Waals surface area contributed by atoms with Crippen LogP contribution in [0.3, 0.4) is 0 Å². The van der Waals surface area contributed by atoms with Gasteiger partial charge in [0.2, 0.25) is 6.79 Å². The summed E-state index contributed by atoms with van der Waals surface area (Å²) in [5, 5.41) is 16.8. The number of aliphatic hydroxyl groups excluding tert-OH is 1. The summed E-state index contributed by atoms with van der Waals surface area (Å²) in [5.74, 6) is 2.40. The maximum absolute atomic E-state index is 12.0. The molecule has 11 nitrogen and oxygen atoms in total. The number of unbranched alkanes of at least 4 members (excludes halogenated alkanes) is 5. The molecule has 4 N–H and O–H groups in total. The molecule has 224 valence electrons. The van der Waals surface area contributed by atoms with Gasteiger partial charge in [0.1, 0.15) is 18.5 Å². The number of hydrogen-bond donors (Lipinski definition) is 4. The van der Waals surface area contributed by atoms with Gasteiger partial charge in [-0.1, -0.05) is 51.2 Å². The minimum absolute atomic E-state index is 0.114. The smallest absolute Gasteiger partial charge is 0.345 e. The highest BCUT2D eigenvalue weighted by atomic mass is 32.2. The molecule has 12 heteroatoms. The van der Waals surface area contributed by atoms with E-state index < -0.39 is 16.3 Å². The van der Waals surface area contributed by atoms with Gasteiger partial charge in [-0.05, 0) is 49.6 Å². The molecule has 2 heterocycles. The number of benzene rings is 2. The van der Waals surface area contributed by atoms with Gasteiger partial charge in [-0.15, -0.1) is 4.40 Å². The van der Waals surface area contributed by atoms with Gasteiger partial charge in [-0.25, -0.2) is 4.72 Å². The summed E-state index contributed by atoms with van der Waals surface area (Å²) in [7, 11) is -3.78. The number of aliphatic imine (C=N–C) groups is 1. The second kappa shape index (κ2) is 15.0. The fourth-order valence-corrected chi connectivity index (χ4v) is 5.29. The normalized spacial score (nSPS) is 17.6. The lowest BCUT2D eigenvalue weighted by Gasteiger charge is -2.18. The molecule has 0 amide bonds. The Balaban J connectivity index is 1.18. The summed E-state index contributed by atoms with van der Waals surface area (Å²) in [4.78, 5) is 4.43. The van der Waals surface area contributed by atoms with Crippen LogP contribution < -0.4 is 29.6 Å². The van der Waals surface area contributed by atoms with Crippen LogP contribution in [0.1, 0.15) is 57.9 Å². The zero-order valence-corrected chi connectivity index (χ0v) is 24.6. The van der Waals surface area contributed by atoms with E-state index in [9.17, 15) is 13.5 Å². The molecule has 0 saturated carbocycles. The SMILES string of the molecule is CCCCCCCCN=C1NS(=O)(=O)N=C1Nc1ccc(CC(C)NC[C@H](O)COc2ccc3c(c2)OCO3)cc1. The van der Waals surface area contributed by atoms with Crippen LogP contribution in [0.2, 0.25) is 0 Å². The molecule has 0 fully saturated rings. The zero-order valence-electron chi connectivity index (χ0n) is 23.8. The molecule has 2 aromatic rings. The minimum atomic E-state index is -3.78. The Morgan fingerprint density at radius 3 is 2.63 bits per heavy atom. The van der Waals surface area contributed by atoms with Crippen LogP contribution in [-0.2, 0) is 16.6 Å². The van der Waals surface area contributed by atoms with Crippen LogP contribution in [0.25, 0.3) is 0 Å². The number of hydrogen-bond acceptors (Lipinski definition) is 9. The average Bonchev–Trinajstić information content (AvgIpc) is 3.53. The third-order valence-electron chi connectivity index (χ3n) is 6.69. The number of anilines is 1. The lowest BCUT2D eigenvalue weighted by Crippen LogP contribution is -2.37. The zero-order chi connectivity index (χ0) is 29.1. The summed E-state index contributed by atoms with van der Waals surface area (Å²) >= 11 is 0. The van der Waals surface area contributed by atoms with Crippen molar-refractivity contribution in [3.05, 3.63) is 48.0 Å². The molecule has 2 atom stereocenters. The van der Waals surface area contributed by atoms with Gasteiger partial charge in [0, 0.05) is 30.9 Å². The fraction of sp³-hybridized carbons (Fsp3) is 0.517. The van der Waals surface area contributed by atoms with Crippen molar-refractivity contribution >= 4 is 27.6 Å². The highest BCUT2D eigenvalue weighted by Gasteiger charge is 2.26. The Labute approximate surface area is 242 Å². The fourth-order valence-electron chi connectivity index (χ4n) is 4.47. The van der Waals surface area contributed by atoms with E-state index in [0.29, 0.717) is 30.3 Å². The Bertz CT molecular complexity index is 1300. The van der Waals surface area contributed by atoms with Crippen LogP contribution in [0, 0.1) is 0 Å². The predicted molar refractivity (Wildman–Crippen MR) is 160 cm³/mol. The van der Waals surface area contributed by atoms with Crippen LogP contribution in [0.5, 0.6) is 17.2 Å². The topological polar surface area (TPSA) is 143 Å². The lowest BCUT2D eigenvalue weighted by molar-refractivity contribution is 0.104. The van der Waals surface area contributed by atoms with E-state index in [1.165, 1.54) is 25.7 Å². The first kappa shape index (κ1) is 30.6. The Morgan fingerprint density at radius 1 is 1.07 bits per heavy atom. The van der Waals surface area contributed by atoms with Crippen molar-refractivity contribution in [2.75, 3.05) is 31.8 Å². The van der Waals surface area contributed by atoms with Crippen molar-refractivity contribution < 1.29 is 27.7 Å². The summed E-state index contributed by atoms with van der Waals surface area (Å²) in [6.45, 7) is 5.52. The molecule has 0 aliphatic carbocycles. The maximum Gasteiger partial charge on any atom is 0.345 e. The molecule has 0 bridgehead atoms. The molecule has 1 unspecified atom stereocenters. The van der Waals surface area contributed by atoms with E-state index >= 15 is 0 Å². The summed E-state index contributed by atoms with van der Waals surface area (Å²) in [5.41, 5.74) is 1.81. The number of nitrogens with zero attached hydrogens (tertiary/aromatic N) is 2. The number of aliphatic hydroxyl groups is 1. The monoisotopic (exact) mass is 587 g/mol. The summed E-state index contributed by atoms with van der Waals surface area (Å²) < 4.78 is 46.6. The number of amidine groups is 2. The molecule has 2 aromatic carbocycles. The molecule has 0 aromatic heterocycles. The van der Waals surface area contributed by atoms with E-state index in [1.807, 2.05) is 31.2 Å². The highest BCUT2D eigenvalue weighted by molar-refractivity contribution is 7.89. The van der Waals surface area contributed by atoms with Crippen molar-refractivity contribution in [3.8, 4) is 17.2 Å². The average molecular weight is 588 g/mol. The van der Waals surface area contributed by atoms with Crippen molar-refractivity contribution in [3.63, 3.8) is 0 Å². The van der Waals surface area contributed by atoms with Crippen molar-refractivity contribution in [2.45, 2.75) is 70.9 Å². The van der Waals surface area contributed by atoms with Gasteiger partial charge in [-0.2, -0.15) is 8.42 Å². The standard InChI is InChI=1S/C29H41N5O6S/c1-3-4-5-6-7-8-15-30-28-29(34-41(36,37)33-28)32-23-11-9-22(10-12-23)16-21(2)31-18-24(35)19-38-25-13-14-26-27(17-25)40-20-39-26/h9-14,17,21,24,31,35H,3-8,15-16,18-20H2,1-2H3,(H,30,33)(H,32,34)/t21?,24-/m0/s1. The second-order valence-corrected chi connectivity index (χ2v) is 11.7. The van der Waals surface area contributed by atoms with E-state index in [2.05, 4.69) is 31.7 Å². The van der Waals surface area contributed by atoms with Crippen molar-refractivity contribution in [1.29, 1.82) is 0 Å². The van der Waals surface area contributed by atoms with Crippen molar-refractivity contribution in [2.24, 2.45) is 9.39 Å². The third kappa shape index (κ3) is 9.91. The first-order chi connectivity index (χ1) is 19.8. The maximum atomic E-state index is 12.0. The van der Waals surface area contributed by atoms with E-state index in [1.54, 1.807) is 18.2 Å². The Hall–Kier alpha value is -3.35. The van der Waals surface area contributed by atoms with Crippen LogP contribution in [0.15, 0.2) is 51.9 Å². The second-order valence-electron chi connectivity index (χ2n) is 10.3. The van der Waals surface area contributed by atoms with Crippen LogP contribution >= 0.6 is 0 Å². The quantitative estimate of drug-likeness (QED) is 0.217. The molecule has 2 aliphatic heterocycles. The van der Waals surface area contributed by atoms with Gasteiger partial charge >= 0.3 is 10.2 Å². The first-order valence-electron chi connectivity index (χ1n) is 14.3. The minimum Gasteiger partial charge on any atom is -0.491 e. The van der Waals surface area contributed by atoms with Crippen LogP contribution in [-0.4, -0.2) is 63.8 Å². The lowest BCUT2D eigenvalue weighted by atomic mass is 10.1. The predicted octanol–water partition coefficient (Wildman–Crippen LogP) is 3.79. The van der Waals surface area contributed by atoms with Gasteiger partial charge in [0.25, 0.3) is 0 Å². The van der Waals surface area contributed by atoms with Gasteiger partial charge in [0.05, 0.1) is 0 Å².